The molecule has 2 amide bonds. The topological polar surface area (TPSA) is 83.6 Å². The molecular weight excluding hydrogens is 304 g/mol. The Morgan fingerprint density at radius 1 is 1.41 bits per heavy atom. The van der Waals surface area contributed by atoms with E-state index in [4.69, 9.17) is 0 Å². The molecule has 0 saturated carbocycles. The molecule has 2 atom stereocenters. The Hall–Kier alpha value is -1.11. The lowest BCUT2D eigenvalue weighted by Crippen LogP contribution is -2.47. The number of rotatable bonds is 5. The Morgan fingerprint density at radius 2 is 2.09 bits per heavy atom. The summed E-state index contributed by atoms with van der Waals surface area (Å²) < 4.78 is 23.1. The highest BCUT2D eigenvalue weighted by Crippen LogP contribution is 2.26. The quantitative estimate of drug-likeness (QED) is 0.805. The highest BCUT2D eigenvalue weighted by molar-refractivity contribution is 7.91. The lowest BCUT2D eigenvalue weighted by atomic mass is 9.97. The van der Waals surface area contributed by atoms with E-state index in [1.807, 2.05) is 13.8 Å². The Morgan fingerprint density at radius 3 is 2.64 bits per heavy atom. The predicted octanol–water partition coefficient (Wildman–Crippen LogP) is 0.717. The molecule has 2 rings (SSSR count). The average Bonchev–Trinajstić information content (AvgIpc) is 2.91. The highest BCUT2D eigenvalue weighted by atomic mass is 32.2. The Balaban J connectivity index is 1.96. The van der Waals surface area contributed by atoms with Gasteiger partial charge < -0.3 is 10.2 Å². The van der Waals surface area contributed by atoms with Gasteiger partial charge in [0.1, 0.15) is 0 Å². The van der Waals surface area contributed by atoms with Gasteiger partial charge in [0, 0.05) is 24.5 Å². The third-order valence-electron chi connectivity index (χ3n) is 4.51. The second-order valence-corrected chi connectivity index (χ2v) is 9.36. The van der Waals surface area contributed by atoms with Crippen molar-refractivity contribution in [2.75, 3.05) is 18.1 Å². The van der Waals surface area contributed by atoms with Gasteiger partial charge in [0.2, 0.25) is 11.8 Å². The van der Waals surface area contributed by atoms with Crippen molar-refractivity contribution in [3.8, 4) is 0 Å². The second-order valence-electron chi connectivity index (χ2n) is 7.13. The molecule has 7 heteroatoms. The van der Waals surface area contributed by atoms with Gasteiger partial charge in [-0.3, -0.25) is 9.59 Å². The zero-order chi connectivity index (χ0) is 16.5. The summed E-state index contributed by atoms with van der Waals surface area (Å²) in [5, 5.41) is 3.01. The van der Waals surface area contributed by atoms with Crippen molar-refractivity contribution in [2.24, 2.45) is 5.92 Å². The smallest absolute Gasteiger partial charge is 0.225 e. The molecule has 1 N–H and O–H groups in total. The van der Waals surface area contributed by atoms with Crippen molar-refractivity contribution in [2.45, 2.75) is 58.0 Å². The summed E-state index contributed by atoms with van der Waals surface area (Å²) in [6.45, 7) is 6.36. The van der Waals surface area contributed by atoms with Gasteiger partial charge in [-0.25, -0.2) is 8.42 Å². The maximum Gasteiger partial charge on any atom is 0.225 e. The van der Waals surface area contributed by atoms with Gasteiger partial charge in [0.05, 0.1) is 17.4 Å². The third-order valence-corrected chi connectivity index (χ3v) is 6.27. The molecule has 2 aliphatic rings. The van der Waals surface area contributed by atoms with Crippen LogP contribution in [0.2, 0.25) is 0 Å². The molecule has 2 fully saturated rings. The lowest BCUT2D eigenvalue weighted by Gasteiger charge is -2.28. The molecule has 2 saturated heterocycles. The van der Waals surface area contributed by atoms with Crippen LogP contribution in [0.3, 0.4) is 0 Å². The Labute approximate surface area is 132 Å². The predicted molar refractivity (Wildman–Crippen MR) is 84.0 cm³/mol. The normalized spacial score (nSPS) is 28.1. The van der Waals surface area contributed by atoms with Gasteiger partial charge in [-0.1, -0.05) is 13.3 Å². The first-order chi connectivity index (χ1) is 10.1. The van der Waals surface area contributed by atoms with Crippen molar-refractivity contribution >= 4 is 21.7 Å². The first-order valence-corrected chi connectivity index (χ1v) is 9.77. The van der Waals surface area contributed by atoms with Crippen LogP contribution in [0.25, 0.3) is 0 Å². The minimum atomic E-state index is -3.02. The average molecular weight is 330 g/mol. The summed E-state index contributed by atoms with van der Waals surface area (Å²) in [5.41, 5.74) is -0.279. The molecule has 0 spiro atoms. The maximum atomic E-state index is 12.4. The van der Waals surface area contributed by atoms with E-state index < -0.39 is 9.84 Å². The molecule has 2 heterocycles. The standard InChI is InChI=1S/C15H26N2O4S/c1-4-6-15(2,3)16-14(19)11-8-13(18)17(9-11)12-5-7-22(20,21)10-12/h11-12H,4-10H2,1-3H3,(H,16,19)/t11-,12-/m0/s1. The van der Waals surface area contributed by atoms with E-state index in [0.717, 1.165) is 12.8 Å². The van der Waals surface area contributed by atoms with E-state index >= 15 is 0 Å². The van der Waals surface area contributed by atoms with E-state index in [9.17, 15) is 18.0 Å². The number of amides is 2. The minimum absolute atomic E-state index is 0.0361. The van der Waals surface area contributed by atoms with Crippen LogP contribution < -0.4 is 5.32 Å². The van der Waals surface area contributed by atoms with Gasteiger partial charge >= 0.3 is 0 Å². The number of nitrogens with one attached hydrogen (secondary N) is 1. The largest absolute Gasteiger partial charge is 0.351 e. The van der Waals surface area contributed by atoms with Crippen LogP contribution in [0.1, 0.15) is 46.5 Å². The molecule has 0 bridgehead atoms. The minimum Gasteiger partial charge on any atom is -0.351 e. The molecule has 0 aromatic rings. The lowest BCUT2D eigenvalue weighted by molar-refractivity contribution is -0.130. The molecular formula is C15H26N2O4S. The fourth-order valence-electron chi connectivity index (χ4n) is 3.40. The van der Waals surface area contributed by atoms with E-state index in [1.165, 1.54) is 0 Å². The second kappa shape index (κ2) is 6.18. The summed E-state index contributed by atoms with van der Waals surface area (Å²) in [6, 6.07) is -0.251. The fourth-order valence-corrected chi connectivity index (χ4v) is 5.14. The molecule has 0 radical (unpaired) electrons. The van der Waals surface area contributed by atoms with Crippen LogP contribution in [-0.2, 0) is 19.4 Å². The molecule has 2 aliphatic heterocycles. The number of carbonyl (C=O) groups excluding carboxylic acids is 2. The SMILES string of the molecule is CCCC(C)(C)NC(=O)[C@H]1CC(=O)N([C@H]2CCS(=O)(=O)C2)C1. The van der Waals surface area contributed by atoms with Crippen LogP contribution in [0.15, 0.2) is 0 Å². The molecule has 0 aromatic carbocycles. The van der Waals surface area contributed by atoms with Crippen LogP contribution in [0.4, 0.5) is 0 Å². The number of sulfone groups is 1. The van der Waals surface area contributed by atoms with Crippen molar-refractivity contribution in [3.63, 3.8) is 0 Å². The number of likely N-dealkylation sites (tertiary alicyclic amines) is 1. The Bertz CT molecular complexity index is 556. The molecule has 22 heavy (non-hydrogen) atoms. The van der Waals surface area contributed by atoms with Gasteiger partial charge in [0.25, 0.3) is 0 Å². The van der Waals surface area contributed by atoms with Crippen molar-refractivity contribution in [3.05, 3.63) is 0 Å². The number of nitrogens with zero attached hydrogens (tertiary/aromatic N) is 1. The molecule has 0 aliphatic carbocycles. The van der Waals surface area contributed by atoms with Crippen LogP contribution in [0.5, 0.6) is 0 Å². The molecule has 6 nitrogen and oxygen atoms in total. The van der Waals surface area contributed by atoms with Crippen LogP contribution in [-0.4, -0.2) is 54.8 Å². The summed E-state index contributed by atoms with van der Waals surface area (Å²) >= 11 is 0. The van der Waals surface area contributed by atoms with Gasteiger partial charge in [0.15, 0.2) is 9.84 Å². The first kappa shape index (κ1) is 17.2. The van der Waals surface area contributed by atoms with E-state index in [1.54, 1.807) is 4.90 Å². The van der Waals surface area contributed by atoms with Gasteiger partial charge in [-0.2, -0.15) is 0 Å². The highest BCUT2D eigenvalue weighted by Gasteiger charge is 2.42. The third kappa shape index (κ3) is 4.00. The van der Waals surface area contributed by atoms with Crippen molar-refractivity contribution < 1.29 is 18.0 Å². The number of hydrogen-bond acceptors (Lipinski definition) is 4. The first-order valence-electron chi connectivity index (χ1n) is 7.95. The summed E-state index contributed by atoms with van der Waals surface area (Å²) in [4.78, 5) is 26.1. The molecule has 0 aromatic heterocycles. The Kier molecular flexibility index (Phi) is 4.84. The monoisotopic (exact) mass is 330 g/mol. The van der Waals surface area contributed by atoms with E-state index in [2.05, 4.69) is 12.2 Å². The number of hydrogen-bond donors (Lipinski definition) is 1. The van der Waals surface area contributed by atoms with E-state index in [-0.39, 0.29) is 47.2 Å². The fraction of sp³-hybridized carbons (Fsp3) is 0.867. The molecule has 0 unspecified atom stereocenters. The zero-order valence-corrected chi connectivity index (χ0v) is 14.4. The van der Waals surface area contributed by atoms with Gasteiger partial charge in [-0.05, 0) is 26.7 Å². The zero-order valence-electron chi connectivity index (χ0n) is 13.6. The summed E-state index contributed by atoms with van der Waals surface area (Å²) in [5.74, 6) is -0.395. The van der Waals surface area contributed by atoms with E-state index in [0.29, 0.717) is 13.0 Å². The molecule has 126 valence electrons. The summed E-state index contributed by atoms with van der Waals surface area (Å²) in [7, 11) is -3.02. The number of carbonyl (C=O) groups is 2. The van der Waals surface area contributed by atoms with Crippen LogP contribution in [0, 0.1) is 5.92 Å². The maximum absolute atomic E-state index is 12.4. The van der Waals surface area contributed by atoms with Gasteiger partial charge in [-0.15, -0.1) is 0 Å². The van der Waals surface area contributed by atoms with Crippen molar-refractivity contribution in [1.82, 2.24) is 10.2 Å². The van der Waals surface area contributed by atoms with Crippen molar-refractivity contribution in [1.29, 1.82) is 0 Å². The van der Waals surface area contributed by atoms with Crippen LogP contribution >= 0.6 is 0 Å². The summed E-state index contributed by atoms with van der Waals surface area (Å²) in [6.07, 6.45) is 2.53.